The van der Waals surface area contributed by atoms with Gasteiger partial charge in [-0.3, -0.25) is 4.79 Å². The third kappa shape index (κ3) is 4.39. The fraction of sp³-hybridized carbons (Fsp3) is 0.462. The Labute approximate surface area is 118 Å². The predicted octanol–water partition coefficient (Wildman–Crippen LogP) is 3.74. The fourth-order valence-electron chi connectivity index (χ4n) is 1.56. The van der Waals surface area contributed by atoms with Gasteiger partial charge in [-0.05, 0) is 30.9 Å². The fourth-order valence-corrected chi connectivity index (χ4v) is 1.89. The van der Waals surface area contributed by atoms with E-state index in [1.165, 1.54) is 12.1 Å². The van der Waals surface area contributed by atoms with Crippen molar-refractivity contribution in [1.82, 2.24) is 5.32 Å². The van der Waals surface area contributed by atoms with E-state index < -0.39 is 0 Å². The van der Waals surface area contributed by atoms with E-state index >= 15 is 0 Å². The molecule has 0 bridgehead atoms. The Kier molecular flexibility index (Phi) is 5.76. The molecule has 1 amide bonds. The van der Waals surface area contributed by atoms with E-state index in [1.54, 1.807) is 0 Å². The lowest BCUT2D eigenvalue weighted by molar-refractivity contribution is 0.0952. The van der Waals surface area contributed by atoms with E-state index in [1.807, 2.05) is 0 Å². The minimum Gasteiger partial charge on any atom is -0.397 e. The molecule has 0 aliphatic heterocycles. The first-order valence-electron chi connectivity index (χ1n) is 5.94. The van der Waals surface area contributed by atoms with E-state index in [0.717, 1.165) is 12.8 Å². The van der Waals surface area contributed by atoms with Gasteiger partial charge in [0.25, 0.3) is 5.91 Å². The van der Waals surface area contributed by atoms with Crippen molar-refractivity contribution in [2.75, 3.05) is 12.3 Å². The van der Waals surface area contributed by atoms with Crippen molar-refractivity contribution in [2.24, 2.45) is 5.92 Å². The lowest BCUT2D eigenvalue weighted by atomic mass is 10.1. The summed E-state index contributed by atoms with van der Waals surface area (Å²) in [5, 5.41) is 3.41. The minimum absolute atomic E-state index is 0.177. The summed E-state index contributed by atoms with van der Waals surface area (Å²) in [6.45, 7) is 4.96. The van der Waals surface area contributed by atoms with Gasteiger partial charge in [-0.25, -0.2) is 0 Å². The number of carbonyl (C=O) groups is 1. The molecule has 1 aromatic rings. The van der Waals surface area contributed by atoms with Crippen molar-refractivity contribution in [3.63, 3.8) is 0 Å². The maximum Gasteiger partial charge on any atom is 0.251 e. The second-order valence-corrected chi connectivity index (χ2v) is 5.44. The Morgan fingerprint density at radius 2 is 2.06 bits per heavy atom. The van der Waals surface area contributed by atoms with Gasteiger partial charge < -0.3 is 11.1 Å². The summed E-state index contributed by atoms with van der Waals surface area (Å²) >= 11 is 11.7. The second kappa shape index (κ2) is 6.86. The SMILES string of the molecule is CC(C)CCCNC(=O)c1cc(N)c(Cl)c(Cl)c1. The molecule has 0 fully saturated rings. The van der Waals surface area contributed by atoms with Crippen LogP contribution >= 0.6 is 23.2 Å². The number of nitrogens with two attached hydrogens (primary N) is 1. The third-order valence-corrected chi connectivity index (χ3v) is 3.38. The first kappa shape index (κ1) is 15.1. The van der Waals surface area contributed by atoms with Crippen molar-refractivity contribution in [2.45, 2.75) is 26.7 Å². The molecule has 3 nitrogen and oxygen atoms in total. The highest BCUT2D eigenvalue weighted by molar-refractivity contribution is 6.43. The number of halogens is 2. The molecule has 5 heteroatoms. The van der Waals surface area contributed by atoms with Crippen LogP contribution in [0.15, 0.2) is 12.1 Å². The molecule has 0 saturated heterocycles. The van der Waals surface area contributed by atoms with Crippen LogP contribution in [0.3, 0.4) is 0 Å². The number of carbonyl (C=O) groups excluding carboxylic acids is 1. The Balaban J connectivity index is 2.57. The summed E-state index contributed by atoms with van der Waals surface area (Å²) in [6.07, 6.45) is 2.05. The number of amides is 1. The van der Waals surface area contributed by atoms with Gasteiger partial charge in [0.1, 0.15) is 0 Å². The molecule has 0 spiro atoms. The van der Waals surface area contributed by atoms with Gasteiger partial charge in [0.2, 0.25) is 0 Å². The van der Waals surface area contributed by atoms with Gasteiger partial charge in [0.05, 0.1) is 15.7 Å². The van der Waals surface area contributed by atoms with Crippen molar-refractivity contribution < 1.29 is 4.79 Å². The van der Waals surface area contributed by atoms with E-state index in [0.29, 0.717) is 28.7 Å². The molecular formula is C13H18Cl2N2O. The van der Waals surface area contributed by atoms with Crippen LogP contribution in [0.5, 0.6) is 0 Å². The molecule has 0 unspecified atom stereocenters. The van der Waals surface area contributed by atoms with Crippen molar-refractivity contribution in [1.29, 1.82) is 0 Å². The first-order chi connectivity index (χ1) is 8.41. The van der Waals surface area contributed by atoms with Gasteiger partial charge in [-0.15, -0.1) is 0 Å². The van der Waals surface area contributed by atoms with Crippen molar-refractivity contribution >= 4 is 34.8 Å². The molecule has 100 valence electrons. The number of nitrogens with one attached hydrogen (secondary N) is 1. The Hall–Kier alpha value is -0.930. The van der Waals surface area contributed by atoms with Crippen LogP contribution in [-0.4, -0.2) is 12.5 Å². The summed E-state index contributed by atoms with van der Waals surface area (Å²) in [4.78, 5) is 11.8. The molecule has 18 heavy (non-hydrogen) atoms. The molecule has 1 rings (SSSR count). The van der Waals surface area contributed by atoms with Crippen LogP contribution < -0.4 is 11.1 Å². The Morgan fingerprint density at radius 1 is 1.39 bits per heavy atom. The zero-order chi connectivity index (χ0) is 13.7. The molecular weight excluding hydrogens is 271 g/mol. The van der Waals surface area contributed by atoms with Crippen LogP contribution in [0.2, 0.25) is 10.0 Å². The number of hydrogen-bond donors (Lipinski definition) is 2. The largest absolute Gasteiger partial charge is 0.397 e. The topological polar surface area (TPSA) is 55.1 Å². The molecule has 0 radical (unpaired) electrons. The van der Waals surface area contributed by atoms with Crippen LogP contribution in [0.4, 0.5) is 5.69 Å². The van der Waals surface area contributed by atoms with E-state index in [4.69, 9.17) is 28.9 Å². The highest BCUT2D eigenvalue weighted by atomic mass is 35.5. The first-order valence-corrected chi connectivity index (χ1v) is 6.70. The zero-order valence-corrected chi connectivity index (χ0v) is 12.1. The maximum absolute atomic E-state index is 11.8. The van der Waals surface area contributed by atoms with Crippen LogP contribution in [0.25, 0.3) is 0 Å². The summed E-state index contributed by atoms with van der Waals surface area (Å²) in [7, 11) is 0. The molecule has 0 aromatic heterocycles. The van der Waals surface area contributed by atoms with Crippen molar-refractivity contribution in [3.8, 4) is 0 Å². The number of rotatable bonds is 5. The highest BCUT2D eigenvalue weighted by Crippen LogP contribution is 2.29. The Bertz CT molecular complexity index is 410. The predicted molar refractivity (Wildman–Crippen MR) is 77.3 cm³/mol. The summed E-state index contributed by atoms with van der Waals surface area (Å²) in [5.41, 5.74) is 6.41. The maximum atomic E-state index is 11.8. The average molecular weight is 289 g/mol. The lowest BCUT2D eigenvalue weighted by Gasteiger charge is -2.08. The van der Waals surface area contributed by atoms with Crippen LogP contribution in [0, 0.1) is 5.92 Å². The standard InChI is InChI=1S/C13H18Cl2N2O/c1-8(2)4-3-5-17-13(18)9-6-10(14)12(15)11(16)7-9/h6-8H,3-5,16H2,1-2H3,(H,17,18). The third-order valence-electron chi connectivity index (χ3n) is 2.56. The van der Waals surface area contributed by atoms with Gasteiger partial charge in [0, 0.05) is 12.1 Å². The smallest absolute Gasteiger partial charge is 0.251 e. The van der Waals surface area contributed by atoms with Crippen molar-refractivity contribution in [3.05, 3.63) is 27.7 Å². The van der Waals surface area contributed by atoms with Gasteiger partial charge >= 0.3 is 0 Å². The quantitative estimate of drug-likeness (QED) is 0.641. The number of benzene rings is 1. The number of hydrogen-bond acceptors (Lipinski definition) is 2. The lowest BCUT2D eigenvalue weighted by Crippen LogP contribution is -2.24. The highest BCUT2D eigenvalue weighted by Gasteiger charge is 2.10. The Morgan fingerprint density at radius 3 is 2.61 bits per heavy atom. The van der Waals surface area contributed by atoms with Gasteiger partial charge in [-0.1, -0.05) is 37.0 Å². The van der Waals surface area contributed by atoms with Gasteiger partial charge in [-0.2, -0.15) is 0 Å². The van der Waals surface area contributed by atoms with Gasteiger partial charge in [0.15, 0.2) is 0 Å². The second-order valence-electron chi connectivity index (χ2n) is 4.65. The van der Waals surface area contributed by atoms with E-state index in [9.17, 15) is 4.79 Å². The molecule has 0 atom stereocenters. The zero-order valence-electron chi connectivity index (χ0n) is 10.6. The summed E-state index contributed by atoms with van der Waals surface area (Å²) in [5.74, 6) is 0.464. The molecule has 0 aliphatic rings. The number of anilines is 1. The monoisotopic (exact) mass is 288 g/mol. The number of nitrogen functional groups attached to an aromatic ring is 1. The summed E-state index contributed by atoms with van der Waals surface area (Å²) in [6, 6.07) is 3.06. The average Bonchev–Trinajstić information content (AvgIpc) is 2.30. The van der Waals surface area contributed by atoms with E-state index in [-0.39, 0.29) is 10.9 Å². The molecule has 0 heterocycles. The minimum atomic E-state index is -0.177. The van der Waals surface area contributed by atoms with Crippen LogP contribution in [0.1, 0.15) is 37.0 Å². The molecule has 3 N–H and O–H groups in total. The molecule has 0 aliphatic carbocycles. The van der Waals surface area contributed by atoms with Crippen LogP contribution in [-0.2, 0) is 0 Å². The van der Waals surface area contributed by atoms with E-state index in [2.05, 4.69) is 19.2 Å². The molecule has 0 saturated carbocycles. The molecule has 1 aromatic carbocycles. The summed E-state index contributed by atoms with van der Waals surface area (Å²) < 4.78 is 0. The normalized spacial score (nSPS) is 10.7.